The van der Waals surface area contributed by atoms with Crippen LogP contribution in [0.5, 0.6) is 0 Å². The number of alkyl halides is 1. The van der Waals surface area contributed by atoms with Crippen molar-refractivity contribution in [1.82, 2.24) is 0 Å². The Hall–Kier alpha value is -2.21. The number of anilines is 1. The van der Waals surface area contributed by atoms with Gasteiger partial charge in [0, 0.05) is 17.1 Å². The predicted molar refractivity (Wildman–Crippen MR) is 80.1 cm³/mol. The normalized spacial score (nSPS) is 10.1. The molecule has 6 heteroatoms. The SMILES string of the molecule is O=C(Nc1ccc(CBr)cc1)c1ccccc1[N+](=O)[O-]. The van der Waals surface area contributed by atoms with E-state index in [9.17, 15) is 14.9 Å². The fourth-order valence-electron chi connectivity index (χ4n) is 1.70. The van der Waals surface area contributed by atoms with Crippen LogP contribution in [0.2, 0.25) is 0 Å². The summed E-state index contributed by atoms with van der Waals surface area (Å²) in [5.41, 5.74) is 1.51. The molecular weight excluding hydrogens is 324 g/mol. The molecule has 0 aliphatic heterocycles. The fraction of sp³-hybridized carbons (Fsp3) is 0.0714. The Kier molecular flexibility index (Phi) is 4.47. The van der Waals surface area contributed by atoms with Gasteiger partial charge in [0.05, 0.1) is 4.92 Å². The highest BCUT2D eigenvalue weighted by atomic mass is 79.9. The molecule has 5 nitrogen and oxygen atoms in total. The van der Waals surface area contributed by atoms with Gasteiger partial charge in [0.25, 0.3) is 11.6 Å². The van der Waals surface area contributed by atoms with Crippen LogP contribution < -0.4 is 5.32 Å². The second-order valence-electron chi connectivity index (χ2n) is 4.06. The molecule has 20 heavy (non-hydrogen) atoms. The standard InChI is InChI=1S/C14H11BrN2O3/c15-9-10-5-7-11(8-6-10)16-14(18)12-3-1-2-4-13(12)17(19)20/h1-8H,9H2,(H,16,18). The molecule has 0 heterocycles. The molecule has 0 aliphatic carbocycles. The molecule has 2 rings (SSSR count). The average molecular weight is 335 g/mol. The van der Waals surface area contributed by atoms with Crippen LogP contribution in [0.1, 0.15) is 15.9 Å². The second kappa shape index (κ2) is 6.29. The zero-order valence-electron chi connectivity index (χ0n) is 10.4. The molecule has 0 radical (unpaired) electrons. The molecule has 102 valence electrons. The van der Waals surface area contributed by atoms with Gasteiger partial charge >= 0.3 is 0 Å². The lowest BCUT2D eigenvalue weighted by atomic mass is 10.1. The highest BCUT2D eigenvalue weighted by Gasteiger charge is 2.18. The highest BCUT2D eigenvalue weighted by molar-refractivity contribution is 9.08. The van der Waals surface area contributed by atoms with Crippen LogP contribution in [0, 0.1) is 10.1 Å². The number of carbonyl (C=O) groups is 1. The number of carbonyl (C=O) groups excluding carboxylic acids is 1. The van der Waals surface area contributed by atoms with E-state index in [2.05, 4.69) is 21.2 Å². The van der Waals surface area contributed by atoms with Crippen molar-refractivity contribution in [3.05, 3.63) is 69.8 Å². The Morgan fingerprint density at radius 1 is 1.15 bits per heavy atom. The number of nitro groups is 1. The van der Waals surface area contributed by atoms with Crippen molar-refractivity contribution in [2.75, 3.05) is 5.32 Å². The number of benzene rings is 2. The largest absolute Gasteiger partial charge is 0.322 e. The summed E-state index contributed by atoms with van der Waals surface area (Å²) in [6.45, 7) is 0. The van der Waals surface area contributed by atoms with Crippen molar-refractivity contribution in [2.45, 2.75) is 5.33 Å². The van der Waals surface area contributed by atoms with Gasteiger partial charge < -0.3 is 5.32 Å². The van der Waals surface area contributed by atoms with Gasteiger partial charge in [-0.15, -0.1) is 0 Å². The van der Waals surface area contributed by atoms with Gasteiger partial charge in [-0.2, -0.15) is 0 Å². The second-order valence-corrected chi connectivity index (χ2v) is 4.62. The Morgan fingerprint density at radius 2 is 1.80 bits per heavy atom. The molecule has 0 saturated carbocycles. The van der Waals surface area contributed by atoms with Crippen molar-refractivity contribution in [2.24, 2.45) is 0 Å². The number of nitro benzene ring substituents is 1. The summed E-state index contributed by atoms with van der Waals surface area (Å²) in [7, 11) is 0. The van der Waals surface area contributed by atoms with Crippen LogP contribution in [0.3, 0.4) is 0 Å². The maximum atomic E-state index is 12.1. The number of halogens is 1. The van der Waals surface area contributed by atoms with Gasteiger partial charge in [0.1, 0.15) is 5.56 Å². The van der Waals surface area contributed by atoms with E-state index in [1.807, 2.05) is 12.1 Å². The van der Waals surface area contributed by atoms with E-state index in [1.165, 1.54) is 18.2 Å². The number of para-hydroxylation sites is 1. The minimum Gasteiger partial charge on any atom is -0.322 e. The van der Waals surface area contributed by atoms with Crippen LogP contribution in [-0.2, 0) is 5.33 Å². The lowest BCUT2D eigenvalue weighted by Gasteiger charge is -2.06. The molecule has 1 amide bonds. The van der Waals surface area contributed by atoms with Gasteiger partial charge in [0.2, 0.25) is 0 Å². The number of hydrogen-bond donors (Lipinski definition) is 1. The summed E-state index contributed by atoms with van der Waals surface area (Å²) in [6.07, 6.45) is 0. The summed E-state index contributed by atoms with van der Waals surface area (Å²) in [5, 5.41) is 14.3. The molecule has 1 N–H and O–H groups in total. The van der Waals surface area contributed by atoms with Crippen LogP contribution in [0.4, 0.5) is 11.4 Å². The van der Waals surface area contributed by atoms with Crippen molar-refractivity contribution in [3.8, 4) is 0 Å². The minimum atomic E-state index is -0.567. The Labute approximate surface area is 123 Å². The third kappa shape index (κ3) is 3.21. The molecule has 2 aromatic rings. The number of nitrogens with one attached hydrogen (secondary N) is 1. The summed E-state index contributed by atoms with van der Waals surface area (Å²) >= 11 is 3.33. The third-order valence-electron chi connectivity index (χ3n) is 2.71. The van der Waals surface area contributed by atoms with Gasteiger partial charge in [-0.05, 0) is 23.8 Å². The lowest BCUT2D eigenvalue weighted by molar-refractivity contribution is -0.385. The van der Waals surface area contributed by atoms with E-state index in [0.717, 1.165) is 10.9 Å². The quantitative estimate of drug-likeness (QED) is 0.525. The van der Waals surface area contributed by atoms with Crippen LogP contribution in [0.25, 0.3) is 0 Å². The zero-order valence-corrected chi connectivity index (χ0v) is 12.0. The lowest BCUT2D eigenvalue weighted by Crippen LogP contribution is -2.13. The highest BCUT2D eigenvalue weighted by Crippen LogP contribution is 2.19. The third-order valence-corrected chi connectivity index (χ3v) is 3.36. The minimum absolute atomic E-state index is 0.0436. The van der Waals surface area contributed by atoms with E-state index >= 15 is 0 Å². The summed E-state index contributed by atoms with van der Waals surface area (Å²) < 4.78 is 0. The van der Waals surface area contributed by atoms with Crippen molar-refractivity contribution in [3.63, 3.8) is 0 Å². The van der Waals surface area contributed by atoms with Gasteiger partial charge in [-0.1, -0.05) is 40.2 Å². The molecular formula is C14H11BrN2O3. The van der Waals surface area contributed by atoms with Gasteiger partial charge in [0.15, 0.2) is 0 Å². The molecule has 0 fully saturated rings. The van der Waals surface area contributed by atoms with Crippen molar-refractivity contribution in [1.29, 1.82) is 0 Å². The molecule has 0 aliphatic rings. The number of nitrogens with zero attached hydrogens (tertiary/aromatic N) is 1. The maximum absolute atomic E-state index is 12.1. The zero-order chi connectivity index (χ0) is 14.5. The average Bonchev–Trinajstić information content (AvgIpc) is 2.48. The first-order valence-corrected chi connectivity index (χ1v) is 6.93. The van der Waals surface area contributed by atoms with E-state index in [0.29, 0.717) is 5.69 Å². The maximum Gasteiger partial charge on any atom is 0.282 e. The van der Waals surface area contributed by atoms with E-state index in [4.69, 9.17) is 0 Å². The molecule has 0 unspecified atom stereocenters. The van der Waals surface area contributed by atoms with E-state index in [1.54, 1.807) is 18.2 Å². The molecule has 2 aromatic carbocycles. The number of rotatable bonds is 4. The van der Waals surface area contributed by atoms with E-state index < -0.39 is 10.8 Å². The summed E-state index contributed by atoms with van der Waals surface area (Å²) in [6, 6.07) is 13.1. The van der Waals surface area contributed by atoms with Gasteiger partial charge in [-0.25, -0.2) is 0 Å². The Balaban J connectivity index is 2.21. The van der Waals surface area contributed by atoms with Crippen LogP contribution in [0.15, 0.2) is 48.5 Å². The van der Waals surface area contributed by atoms with Gasteiger partial charge in [-0.3, -0.25) is 14.9 Å². The first-order valence-electron chi connectivity index (χ1n) is 5.81. The molecule has 0 aromatic heterocycles. The van der Waals surface area contributed by atoms with Crippen molar-refractivity contribution >= 4 is 33.2 Å². The molecule has 0 bridgehead atoms. The Morgan fingerprint density at radius 3 is 2.40 bits per heavy atom. The number of amides is 1. The Bertz CT molecular complexity index is 641. The first-order chi connectivity index (χ1) is 9.61. The van der Waals surface area contributed by atoms with Crippen LogP contribution in [-0.4, -0.2) is 10.8 Å². The first kappa shape index (κ1) is 14.2. The topological polar surface area (TPSA) is 72.2 Å². The van der Waals surface area contributed by atoms with E-state index in [-0.39, 0.29) is 11.3 Å². The fourth-order valence-corrected chi connectivity index (χ4v) is 2.07. The molecule has 0 saturated heterocycles. The predicted octanol–water partition coefficient (Wildman–Crippen LogP) is 3.74. The smallest absolute Gasteiger partial charge is 0.282 e. The van der Waals surface area contributed by atoms with Crippen LogP contribution >= 0.6 is 15.9 Å². The van der Waals surface area contributed by atoms with Crippen molar-refractivity contribution < 1.29 is 9.72 Å². The summed E-state index contributed by atoms with van der Waals surface area (Å²) in [5.74, 6) is -0.496. The molecule has 0 spiro atoms. The summed E-state index contributed by atoms with van der Waals surface area (Å²) in [4.78, 5) is 22.4. The molecule has 0 atom stereocenters. The monoisotopic (exact) mass is 334 g/mol. The number of hydrogen-bond acceptors (Lipinski definition) is 3.